The van der Waals surface area contributed by atoms with Gasteiger partial charge in [-0.3, -0.25) is 14.4 Å². The van der Waals surface area contributed by atoms with E-state index >= 15 is 0 Å². The molecular weight excluding hydrogens is 278 g/mol. The van der Waals surface area contributed by atoms with E-state index in [-0.39, 0.29) is 30.4 Å². The number of ketones is 1. The van der Waals surface area contributed by atoms with Gasteiger partial charge in [0.2, 0.25) is 11.8 Å². The lowest BCUT2D eigenvalue weighted by atomic mass is 9.99. The summed E-state index contributed by atoms with van der Waals surface area (Å²) in [6.45, 7) is 1.87. The summed E-state index contributed by atoms with van der Waals surface area (Å²) < 4.78 is 0. The lowest BCUT2D eigenvalue weighted by molar-refractivity contribution is -0.121. The second-order valence-electron chi connectivity index (χ2n) is 5.34. The summed E-state index contributed by atoms with van der Waals surface area (Å²) in [5.41, 5.74) is 2.21. The average molecular weight is 293 g/mol. The molecule has 0 spiro atoms. The molecule has 2 aromatic carbocycles. The van der Waals surface area contributed by atoms with Crippen molar-refractivity contribution in [3.05, 3.63) is 65.2 Å². The summed E-state index contributed by atoms with van der Waals surface area (Å²) in [5, 5.41) is 0. The third-order valence-electron chi connectivity index (χ3n) is 3.73. The summed E-state index contributed by atoms with van der Waals surface area (Å²) in [6.07, 6.45) is 0.400. The van der Waals surface area contributed by atoms with E-state index in [9.17, 15) is 14.4 Å². The molecule has 0 unspecified atom stereocenters. The third-order valence-corrected chi connectivity index (χ3v) is 3.73. The van der Waals surface area contributed by atoms with Crippen LogP contribution in [0.2, 0.25) is 0 Å². The van der Waals surface area contributed by atoms with Gasteiger partial charge in [0.15, 0.2) is 5.78 Å². The first kappa shape index (κ1) is 14.2. The maximum Gasteiger partial charge on any atom is 0.234 e. The van der Waals surface area contributed by atoms with Crippen molar-refractivity contribution in [3.63, 3.8) is 0 Å². The number of nitrogens with zero attached hydrogens (tertiary/aromatic N) is 1. The van der Waals surface area contributed by atoms with Crippen molar-refractivity contribution in [2.24, 2.45) is 0 Å². The summed E-state index contributed by atoms with van der Waals surface area (Å²) in [5.74, 6) is -0.696. The van der Waals surface area contributed by atoms with Gasteiger partial charge in [-0.05, 0) is 19.1 Å². The van der Waals surface area contributed by atoms with Gasteiger partial charge in [0, 0.05) is 24.0 Å². The van der Waals surface area contributed by atoms with E-state index in [1.807, 2.05) is 13.0 Å². The van der Waals surface area contributed by atoms with Gasteiger partial charge < -0.3 is 0 Å². The number of benzene rings is 2. The summed E-state index contributed by atoms with van der Waals surface area (Å²) in [7, 11) is 0. The molecule has 4 nitrogen and oxygen atoms in total. The molecule has 0 aliphatic carbocycles. The highest BCUT2D eigenvalue weighted by Gasteiger charge is 2.33. The fourth-order valence-electron chi connectivity index (χ4n) is 2.62. The van der Waals surface area contributed by atoms with E-state index in [0.29, 0.717) is 16.8 Å². The number of rotatable bonds is 3. The van der Waals surface area contributed by atoms with Gasteiger partial charge in [0.05, 0.1) is 5.69 Å². The SMILES string of the molecule is Cc1ccc(N2C(=O)CCC2=O)c(C(=O)c2ccccc2)c1. The summed E-state index contributed by atoms with van der Waals surface area (Å²) in [4.78, 5) is 37.8. The van der Waals surface area contributed by atoms with Crippen LogP contribution in [0.1, 0.15) is 34.3 Å². The minimum atomic E-state index is -0.254. The number of anilines is 1. The van der Waals surface area contributed by atoms with Crippen LogP contribution >= 0.6 is 0 Å². The Morgan fingerprint density at radius 2 is 1.59 bits per heavy atom. The zero-order valence-corrected chi connectivity index (χ0v) is 12.2. The Kier molecular flexibility index (Phi) is 3.59. The Labute approximate surface area is 128 Å². The van der Waals surface area contributed by atoms with Gasteiger partial charge in [0.1, 0.15) is 0 Å². The van der Waals surface area contributed by atoms with Crippen molar-refractivity contribution in [2.75, 3.05) is 4.90 Å². The van der Waals surface area contributed by atoms with Crippen LogP contribution in [0.5, 0.6) is 0 Å². The highest BCUT2D eigenvalue weighted by atomic mass is 16.2. The number of aryl methyl sites for hydroxylation is 1. The van der Waals surface area contributed by atoms with Crippen LogP contribution in [0.3, 0.4) is 0 Å². The van der Waals surface area contributed by atoms with Gasteiger partial charge in [-0.25, -0.2) is 4.90 Å². The fraction of sp³-hybridized carbons (Fsp3) is 0.167. The maximum atomic E-state index is 12.7. The quantitative estimate of drug-likeness (QED) is 0.646. The van der Waals surface area contributed by atoms with Crippen molar-refractivity contribution >= 4 is 23.3 Å². The van der Waals surface area contributed by atoms with E-state index in [1.165, 1.54) is 0 Å². The predicted molar refractivity (Wildman–Crippen MR) is 82.8 cm³/mol. The van der Waals surface area contributed by atoms with Crippen molar-refractivity contribution in [3.8, 4) is 0 Å². The molecule has 1 saturated heterocycles. The zero-order chi connectivity index (χ0) is 15.7. The molecule has 1 aliphatic rings. The lowest BCUT2D eigenvalue weighted by Crippen LogP contribution is -2.30. The van der Waals surface area contributed by atoms with Crippen LogP contribution < -0.4 is 4.90 Å². The van der Waals surface area contributed by atoms with E-state index in [4.69, 9.17) is 0 Å². The van der Waals surface area contributed by atoms with Crippen LogP contribution in [-0.2, 0) is 9.59 Å². The molecule has 1 fully saturated rings. The van der Waals surface area contributed by atoms with Crippen LogP contribution in [0, 0.1) is 6.92 Å². The molecule has 22 heavy (non-hydrogen) atoms. The summed E-state index contributed by atoms with van der Waals surface area (Å²) in [6, 6.07) is 14.1. The Morgan fingerprint density at radius 1 is 0.955 bits per heavy atom. The van der Waals surface area contributed by atoms with Gasteiger partial charge >= 0.3 is 0 Å². The Hall–Kier alpha value is -2.75. The van der Waals surface area contributed by atoms with E-state index < -0.39 is 0 Å². The van der Waals surface area contributed by atoms with E-state index in [0.717, 1.165) is 10.5 Å². The molecule has 0 atom stereocenters. The molecule has 2 amide bonds. The second-order valence-corrected chi connectivity index (χ2v) is 5.34. The number of carbonyl (C=O) groups excluding carboxylic acids is 3. The van der Waals surface area contributed by atoms with Gasteiger partial charge in [0.25, 0.3) is 0 Å². The number of carbonyl (C=O) groups is 3. The Bertz CT molecular complexity index is 749. The average Bonchev–Trinajstić information content (AvgIpc) is 2.86. The first-order valence-electron chi connectivity index (χ1n) is 7.14. The molecule has 0 aromatic heterocycles. The number of amides is 2. The van der Waals surface area contributed by atoms with E-state index in [1.54, 1.807) is 42.5 Å². The van der Waals surface area contributed by atoms with Crippen LogP contribution in [0.25, 0.3) is 0 Å². The highest BCUT2D eigenvalue weighted by molar-refractivity contribution is 6.23. The smallest absolute Gasteiger partial charge is 0.234 e. The summed E-state index contributed by atoms with van der Waals surface area (Å²) >= 11 is 0. The van der Waals surface area contributed by atoms with Crippen LogP contribution in [-0.4, -0.2) is 17.6 Å². The van der Waals surface area contributed by atoms with E-state index in [2.05, 4.69) is 0 Å². The van der Waals surface area contributed by atoms with Crippen LogP contribution in [0.4, 0.5) is 5.69 Å². The first-order valence-corrected chi connectivity index (χ1v) is 7.14. The number of hydrogen-bond donors (Lipinski definition) is 0. The molecule has 0 bridgehead atoms. The molecule has 1 aliphatic heterocycles. The van der Waals surface area contributed by atoms with Crippen molar-refractivity contribution in [2.45, 2.75) is 19.8 Å². The fourth-order valence-corrected chi connectivity index (χ4v) is 2.62. The topological polar surface area (TPSA) is 54.5 Å². The highest BCUT2D eigenvalue weighted by Crippen LogP contribution is 2.29. The monoisotopic (exact) mass is 293 g/mol. The van der Waals surface area contributed by atoms with Crippen molar-refractivity contribution < 1.29 is 14.4 Å². The first-order chi connectivity index (χ1) is 10.6. The molecule has 0 saturated carbocycles. The molecule has 0 N–H and O–H groups in total. The van der Waals surface area contributed by atoms with Gasteiger partial charge in [-0.1, -0.05) is 42.0 Å². The minimum Gasteiger partial charge on any atom is -0.289 e. The zero-order valence-electron chi connectivity index (χ0n) is 12.2. The Morgan fingerprint density at radius 3 is 2.23 bits per heavy atom. The molecule has 2 aromatic rings. The van der Waals surface area contributed by atoms with Crippen molar-refractivity contribution in [1.29, 1.82) is 0 Å². The molecule has 4 heteroatoms. The molecule has 0 radical (unpaired) electrons. The Balaban J connectivity index is 2.11. The molecular formula is C18H15NO3. The predicted octanol–water partition coefficient (Wildman–Crippen LogP) is 2.88. The van der Waals surface area contributed by atoms with Crippen molar-refractivity contribution in [1.82, 2.24) is 0 Å². The maximum absolute atomic E-state index is 12.7. The van der Waals surface area contributed by atoms with Gasteiger partial charge in [-0.15, -0.1) is 0 Å². The number of imide groups is 1. The standard InChI is InChI=1S/C18H15NO3/c1-12-7-8-15(19-16(20)9-10-17(19)21)14(11-12)18(22)13-5-3-2-4-6-13/h2-8,11H,9-10H2,1H3. The number of hydrogen-bond acceptors (Lipinski definition) is 3. The molecule has 1 heterocycles. The second kappa shape index (κ2) is 5.56. The minimum absolute atomic E-state index is 0.188. The molecule has 110 valence electrons. The third kappa shape index (κ3) is 2.44. The normalized spacial score (nSPS) is 14.5. The largest absolute Gasteiger partial charge is 0.289 e. The molecule has 3 rings (SSSR count). The van der Waals surface area contributed by atoms with Gasteiger partial charge in [-0.2, -0.15) is 0 Å². The lowest BCUT2D eigenvalue weighted by Gasteiger charge is -2.18. The van der Waals surface area contributed by atoms with Crippen LogP contribution in [0.15, 0.2) is 48.5 Å².